The third-order valence-electron chi connectivity index (χ3n) is 4.10. The molecule has 1 aromatic carbocycles. The van der Waals surface area contributed by atoms with Gasteiger partial charge in [0, 0.05) is 44.8 Å². The molecule has 2 aliphatic rings. The molecule has 1 atom stereocenters. The fourth-order valence-corrected chi connectivity index (χ4v) is 2.82. The molecule has 2 amide bonds. The molecule has 3 rings (SSSR count). The Labute approximate surface area is 142 Å². The highest BCUT2D eigenvalue weighted by molar-refractivity contribution is 5.94. The number of hydrogen-bond donors (Lipinski definition) is 1. The first-order valence-corrected chi connectivity index (χ1v) is 7.71. The predicted molar refractivity (Wildman–Crippen MR) is 88.8 cm³/mol. The molecule has 0 saturated carbocycles. The highest BCUT2D eigenvalue weighted by Gasteiger charge is 2.30. The molecule has 0 aromatic heterocycles. The van der Waals surface area contributed by atoms with Gasteiger partial charge in [-0.1, -0.05) is 18.2 Å². The van der Waals surface area contributed by atoms with E-state index < -0.39 is 0 Å². The molecule has 6 nitrogen and oxygen atoms in total. The average molecular weight is 340 g/mol. The van der Waals surface area contributed by atoms with Crippen LogP contribution in [0.3, 0.4) is 0 Å². The Morgan fingerprint density at radius 1 is 1.04 bits per heavy atom. The van der Waals surface area contributed by atoms with Crippen molar-refractivity contribution in [3.8, 4) is 0 Å². The van der Waals surface area contributed by atoms with Crippen molar-refractivity contribution in [2.24, 2.45) is 0 Å². The summed E-state index contributed by atoms with van der Waals surface area (Å²) in [6.07, 6.45) is -0.384. The minimum absolute atomic E-state index is 0. The minimum Gasteiger partial charge on any atom is -0.366 e. The van der Waals surface area contributed by atoms with Gasteiger partial charge in [-0.15, -0.1) is 12.4 Å². The van der Waals surface area contributed by atoms with Crippen LogP contribution >= 0.6 is 12.4 Å². The van der Waals surface area contributed by atoms with Crippen LogP contribution in [-0.2, 0) is 9.53 Å². The second-order valence-electron chi connectivity index (χ2n) is 5.55. The predicted octanol–water partition coefficient (Wildman–Crippen LogP) is 0.381. The fraction of sp³-hybridized carbons (Fsp3) is 0.500. The van der Waals surface area contributed by atoms with Gasteiger partial charge in [0.1, 0.15) is 6.10 Å². The summed E-state index contributed by atoms with van der Waals surface area (Å²) in [5, 5.41) is 3.17. The molecule has 2 heterocycles. The highest BCUT2D eigenvalue weighted by atomic mass is 35.5. The third-order valence-corrected chi connectivity index (χ3v) is 4.10. The number of amides is 2. The van der Waals surface area contributed by atoms with Gasteiger partial charge < -0.3 is 19.9 Å². The van der Waals surface area contributed by atoms with E-state index in [9.17, 15) is 9.59 Å². The van der Waals surface area contributed by atoms with Crippen LogP contribution in [0.25, 0.3) is 0 Å². The highest BCUT2D eigenvalue weighted by Crippen LogP contribution is 2.11. The second-order valence-corrected chi connectivity index (χ2v) is 5.55. The summed E-state index contributed by atoms with van der Waals surface area (Å²) in [6.45, 7) is 4.21. The van der Waals surface area contributed by atoms with Gasteiger partial charge in [-0.25, -0.2) is 0 Å². The lowest BCUT2D eigenvalue weighted by Gasteiger charge is -2.37. The standard InChI is InChI=1S/C16H21N3O3.ClH/c20-15(13-4-2-1-3-5-13)18-7-9-19(10-8-18)16(21)14-12-17-6-11-22-14;/h1-5,14,17H,6-12H2;1H. The molecule has 0 bridgehead atoms. The van der Waals surface area contributed by atoms with Gasteiger partial charge in [0.05, 0.1) is 6.61 Å². The van der Waals surface area contributed by atoms with Crippen molar-refractivity contribution in [3.63, 3.8) is 0 Å². The molecule has 0 radical (unpaired) electrons. The smallest absolute Gasteiger partial charge is 0.253 e. The Hall–Kier alpha value is -1.63. The maximum Gasteiger partial charge on any atom is 0.253 e. The number of nitrogens with zero attached hydrogens (tertiary/aromatic N) is 2. The molecule has 126 valence electrons. The summed E-state index contributed by atoms with van der Waals surface area (Å²) in [6, 6.07) is 9.26. The van der Waals surface area contributed by atoms with Gasteiger partial charge in [0.25, 0.3) is 11.8 Å². The van der Waals surface area contributed by atoms with E-state index >= 15 is 0 Å². The van der Waals surface area contributed by atoms with Crippen molar-refractivity contribution >= 4 is 24.2 Å². The summed E-state index contributed by atoms with van der Waals surface area (Å²) in [5.41, 5.74) is 0.696. The number of benzene rings is 1. The lowest BCUT2D eigenvalue weighted by Crippen LogP contribution is -2.56. The molecule has 23 heavy (non-hydrogen) atoms. The van der Waals surface area contributed by atoms with Crippen molar-refractivity contribution in [2.75, 3.05) is 45.9 Å². The zero-order valence-electron chi connectivity index (χ0n) is 12.9. The van der Waals surface area contributed by atoms with Crippen LogP contribution in [0.2, 0.25) is 0 Å². The number of piperazine rings is 1. The number of carbonyl (C=O) groups excluding carboxylic acids is 2. The van der Waals surface area contributed by atoms with Gasteiger partial charge in [-0.05, 0) is 12.1 Å². The van der Waals surface area contributed by atoms with Crippen LogP contribution in [0.4, 0.5) is 0 Å². The van der Waals surface area contributed by atoms with Crippen LogP contribution in [-0.4, -0.2) is 73.6 Å². The Kier molecular flexibility index (Phi) is 6.38. The summed E-state index contributed by atoms with van der Waals surface area (Å²) in [7, 11) is 0. The van der Waals surface area contributed by atoms with Crippen molar-refractivity contribution in [2.45, 2.75) is 6.10 Å². The molecular formula is C16H22ClN3O3. The first-order valence-electron chi connectivity index (χ1n) is 7.71. The van der Waals surface area contributed by atoms with Gasteiger partial charge in [-0.3, -0.25) is 9.59 Å². The Balaban J connectivity index is 0.00000192. The zero-order chi connectivity index (χ0) is 15.4. The maximum atomic E-state index is 12.4. The second kappa shape index (κ2) is 8.29. The normalized spacial score (nSPS) is 21.5. The number of rotatable bonds is 2. The SMILES string of the molecule is Cl.O=C(c1ccccc1)N1CCN(C(=O)C2CNCCO2)CC1. The van der Waals surface area contributed by atoms with E-state index in [2.05, 4.69) is 5.32 Å². The van der Waals surface area contributed by atoms with E-state index in [-0.39, 0.29) is 30.3 Å². The molecule has 0 aliphatic carbocycles. The van der Waals surface area contributed by atoms with Crippen LogP contribution in [0.15, 0.2) is 30.3 Å². The lowest BCUT2D eigenvalue weighted by molar-refractivity contribution is -0.146. The molecule has 1 N–H and O–H groups in total. The number of halogens is 1. The van der Waals surface area contributed by atoms with Crippen molar-refractivity contribution in [3.05, 3.63) is 35.9 Å². The van der Waals surface area contributed by atoms with Crippen LogP contribution < -0.4 is 5.32 Å². The van der Waals surface area contributed by atoms with E-state index in [1.807, 2.05) is 30.3 Å². The van der Waals surface area contributed by atoms with Gasteiger partial charge in [-0.2, -0.15) is 0 Å². The van der Waals surface area contributed by atoms with E-state index in [0.717, 1.165) is 6.54 Å². The summed E-state index contributed by atoms with van der Waals surface area (Å²) in [4.78, 5) is 28.3. The number of nitrogens with one attached hydrogen (secondary N) is 1. The number of morpholine rings is 1. The average Bonchev–Trinajstić information content (AvgIpc) is 2.62. The Morgan fingerprint density at radius 3 is 2.30 bits per heavy atom. The monoisotopic (exact) mass is 339 g/mol. The van der Waals surface area contributed by atoms with Gasteiger partial charge in [0.2, 0.25) is 0 Å². The van der Waals surface area contributed by atoms with Crippen LogP contribution in [0.1, 0.15) is 10.4 Å². The molecule has 1 unspecified atom stereocenters. The maximum absolute atomic E-state index is 12.4. The van der Waals surface area contributed by atoms with Crippen molar-refractivity contribution < 1.29 is 14.3 Å². The van der Waals surface area contributed by atoms with E-state index in [0.29, 0.717) is 44.9 Å². The van der Waals surface area contributed by atoms with E-state index in [4.69, 9.17) is 4.74 Å². The van der Waals surface area contributed by atoms with Crippen LogP contribution in [0.5, 0.6) is 0 Å². The first kappa shape index (κ1) is 17.7. The van der Waals surface area contributed by atoms with Gasteiger partial charge in [0.15, 0.2) is 0 Å². The Morgan fingerprint density at radius 2 is 1.70 bits per heavy atom. The Bertz CT molecular complexity index is 527. The summed E-state index contributed by atoms with van der Waals surface area (Å²) < 4.78 is 5.50. The number of carbonyl (C=O) groups is 2. The topological polar surface area (TPSA) is 61.9 Å². The molecule has 2 fully saturated rings. The largest absolute Gasteiger partial charge is 0.366 e. The van der Waals surface area contributed by atoms with E-state index in [1.54, 1.807) is 9.80 Å². The lowest BCUT2D eigenvalue weighted by atomic mass is 10.1. The van der Waals surface area contributed by atoms with Crippen molar-refractivity contribution in [1.82, 2.24) is 15.1 Å². The molecule has 7 heteroatoms. The molecule has 1 aromatic rings. The first-order chi connectivity index (χ1) is 10.8. The third kappa shape index (κ3) is 4.22. The number of ether oxygens (including phenoxy) is 1. The molecular weight excluding hydrogens is 318 g/mol. The summed E-state index contributed by atoms with van der Waals surface area (Å²) in [5.74, 6) is 0.0577. The van der Waals surface area contributed by atoms with Crippen LogP contribution in [0, 0.1) is 0 Å². The minimum atomic E-state index is -0.384. The van der Waals surface area contributed by atoms with Crippen molar-refractivity contribution in [1.29, 1.82) is 0 Å². The quantitative estimate of drug-likeness (QED) is 0.846. The zero-order valence-corrected chi connectivity index (χ0v) is 13.8. The molecule has 0 spiro atoms. The number of hydrogen-bond acceptors (Lipinski definition) is 4. The van der Waals surface area contributed by atoms with Gasteiger partial charge >= 0.3 is 0 Å². The molecule has 2 aliphatic heterocycles. The summed E-state index contributed by atoms with van der Waals surface area (Å²) >= 11 is 0. The molecule has 2 saturated heterocycles. The van der Waals surface area contributed by atoms with E-state index in [1.165, 1.54) is 0 Å². The fourth-order valence-electron chi connectivity index (χ4n) is 2.82.